The number of ether oxygens (including phenoxy) is 3. The van der Waals surface area contributed by atoms with Gasteiger partial charge in [-0.3, -0.25) is 4.79 Å². The van der Waals surface area contributed by atoms with Crippen molar-refractivity contribution >= 4 is 29.2 Å². The normalized spacial score (nSPS) is 13.5. The molecule has 22 heavy (non-hydrogen) atoms. The summed E-state index contributed by atoms with van der Waals surface area (Å²) in [6, 6.07) is 0.936. The molecule has 6 nitrogen and oxygen atoms in total. The maximum atomic E-state index is 12.3. The first-order valence-corrected chi connectivity index (χ1v) is 6.22. The Bertz CT molecular complexity index is 632. The third-order valence-corrected chi connectivity index (χ3v) is 3.04. The molecule has 0 bridgehead atoms. The number of nitrogens with one attached hydrogen (secondary N) is 1. The summed E-state index contributed by atoms with van der Waals surface area (Å²) in [4.78, 5) is 22.7. The molecular weight excluding hydrogens is 331 g/mol. The molecular formula is C12H9ClF3NO5. The highest BCUT2D eigenvalue weighted by molar-refractivity contribution is 6.36. The molecule has 1 aromatic carbocycles. The first-order chi connectivity index (χ1) is 10.3. The number of benzene rings is 1. The number of alkyl halides is 3. The molecule has 0 aromatic heterocycles. The lowest BCUT2D eigenvalue weighted by Gasteiger charge is -2.23. The molecule has 1 aliphatic heterocycles. The Hall–Kier alpha value is -2.16. The maximum absolute atomic E-state index is 12.3. The van der Waals surface area contributed by atoms with Gasteiger partial charge in [-0.25, -0.2) is 4.79 Å². The van der Waals surface area contributed by atoms with Crippen molar-refractivity contribution in [1.82, 2.24) is 0 Å². The molecule has 0 radical (unpaired) electrons. The number of carbonyl (C=O) groups excluding carboxylic acids is 2. The van der Waals surface area contributed by atoms with E-state index in [1.54, 1.807) is 5.32 Å². The maximum Gasteiger partial charge on any atom is 0.471 e. The van der Waals surface area contributed by atoms with Crippen LogP contribution in [0.3, 0.4) is 0 Å². The van der Waals surface area contributed by atoms with Gasteiger partial charge in [0.25, 0.3) is 0 Å². The van der Waals surface area contributed by atoms with Crippen molar-refractivity contribution in [3.63, 3.8) is 0 Å². The van der Waals surface area contributed by atoms with Gasteiger partial charge in [-0.2, -0.15) is 13.2 Å². The van der Waals surface area contributed by atoms with E-state index in [2.05, 4.69) is 4.74 Å². The number of fused-ring (bicyclic) bond motifs is 1. The molecule has 1 aliphatic rings. The van der Waals surface area contributed by atoms with Gasteiger partial charge in [-0.15, -0.1) is 0 Å². The van der Waals surface area contributed by atoms with Crippen molar-refractivity contribution in [2.24, 2.45) is 0 Å². The van der Waals surface area contributed by atoms with Gasteiger partial charge in [-0.05, 0) is 6.07 Å². The third-order valence-electron chi connectivity index (χ3n) is 2.66. The van der Waals surface area contributed by atoms with E-state index in [-0.39, 0.29) is 35.3 Å². The second kappa shape index (κ2) is 5.91. The Morgan fingerprint density at radius 1 is 1.27 bits per heavy atom. The van der Waals surface area contributed by atoms with E-state index in [1.807, 2.05) is 0 Å². The van der Waals surface area contributed by atoms with Crippen LogP contribution >= 0.6 is 11.6 Å². The van der Waals surface area contributed by atoms with E-state index in [0.29, 0.717) is 0 Å². The summed E-state index contributed by atoms with van der Waals surface area (Å²) < 4.78 is 51.9. The molecule has 0 unspecified atom stereocenters. The number of rotatable bonds is 2. The summed E-state index contributed by atoms with van der Waals surface area (Å²) in [5, 5.41) is 1.27. The summed E-state index contributed by atoms with van der Waals surface area (Å²) in [5.41, 5.74) is -0.646. The van der Waals surface area contributed by atoms with Gasteiger partial charge in [0.15, 0.2) is 11.5 Å². The van der Waals surface area contributed by atoms with Crippen molar-refractivity contribution in [2.45, 2.75) is 6.18 Å². The molecule has 0 saturated carbocycles. The topological polar surface area (TPSA) is 73.9 Å². The highest BCUT2D eigenvalue weighted by atomic mass is 35.5. The zero-order chi connectivity index (χ0) is 16.5. The number of halogens is 4. The van der Waals surface area contributed by atoms with Crippen LogP contribution in [-0.4, -0.2) is 38.4 Å². The zero-order valence-electron chi connectivity index (χ0n) is 11.0. The van der Waals surface area contributed by atoms with E-state index in [0.717, 1.165) is 13.2 Å². The van der Waals surface area contributed by atoms with Crippen molar-refractivity contribution in [3.05, 3.63) is 16.7 Å². The molecule has 1 amide bonds. The lowest BCUT2D eigenvalue weighted by Crippen LogP contribution is -2.30. The summed E-state index contributed by atoms with van der Waals surface area (Å²) in [7, 11) is 1.08. The molecule has 0 spiro atoms. The SMILES string of the molecule is COC(=O)c1cc(NC(=O)C(F)(F)F)c(Cl)c2c1OCCO2. The molecule has 2 rings (SSSR count). The number of anilines is 1. The van der Waals surface area contributed by atoms with E-state index < -0.39 is 23.7 Å². The highest BCUT2D eigenvalue weighted by Crippen LogP contribution is 2.45. The number of methoxy groups -OCH3 is 1. The first kappa shape index (κ1) is 16.2. The van der Waals surface area contributed by atoms with Gasteiger partial charge >= 0.3 is 18.1 Å². The fourth-order valence-electron chi connectivity index (χ4n) is 1.72. The molecule has 1 heterocycles. The lowest BCUT2D eigenvalue weighted by atomic mass is 10.1. The first-order valence-electron chi connectivity index (χ1n) is 5.84. The number of carbonyl (C=O) groups is 2. The number of hydrogen-bond donors (Lipinski definition) is 1. The zero-order valence-corrected chi connectivity index (χ0v) is 11.8. The van der Waals surface area contributed by atoms with Crippen molar-refractivity contribution in [2.75, 3.05) is 25.6 Å². The van der Waals surface area contributed by atoms with Crippen LogP contribution in [0, 0.1) is 0 Å². The number of amides is 1. The van der Waals surface area contributed by atoms with Gasteiger partial charge in [0.2, 0.25) is 0 Å². The van der Waals surface area contributed by atoms with Crippen LogP contribution in [0.2, 0.25) is 5.02 Å². The molecule has 0 fully saturated rings. The van der Waals surface area contributed by atoms with Gasteiger partial charge in [0.05, 0.1) is 12.8 Å². The second-order valence-electron chi connectivity index (χ2n) is 4.08. The van der Waals surface area contributed by atoms with Crippen LogP contribution in [0.4, 0.5) is 18.9 Å². The Morgan fingerprint density at radius 3 is 2.41 bits per heavy atom. The second-order valence-corrected chi connectivity index (χ2v) is 4.46. The molecule has 0 aliphatic carbocycles. The average Bonchev–Trinajstić information content (AvgIpc) is 2.48. The highest BCUT2D eigenvalue weighted by Gasteiger charge is 2.39. The van der Waals surface area contributed by atoms with Crippen LogP contribution in [0.1, 0.15) is 10.4 Å². The average molecular weight is 340 g/mol. The van der Waals surface area contributed by atoms with Crippen LogP contribution in [0.15, 0.2) is 6.07 Å². The summed E-state index contributed by atoms with van der Waals surface area (Å²) in [6.07, 6.45) is -5.11. The van der Waals surface area contributed by atoms with E-state index >= 15 is 0 Å². The Balaban J connectivity index is 2.51. The van der Waals surface area contributed by atoms with Crippen molar-refractivity contribution in [1.29, 1.82) is 0 Å². The minimum absolute atomic E-state index is 0.0480. The summed E-state index contributed by atoms with van der Waals surface area (Å²) in [5.74, 6) is -3.29. The molecule has 0 saturated heterocycles. The van der Waals surface area contributed by atoms with E-state index in [4.69, 9.17) is 21.1 Å². The fourth-order valence-corrected chi connectivity index (χ4v) is 1.97. The third kappa shape index (κ3) is 3.03. The van der Waals surface area contributed by atoms with Gasteiger partial charge in [0, 0.05) is 0 Å². The quantitative estimate of drug-likeness (QED) is 0.838. The van der Waals surface area contributed by atoms with Gasteiger partial charge in [0.1, 0.15) is 23.8 Å². The molecule has 1 aromatic rings. The minimum Gasteiger partial charge on any atom is -0.485 e. The van der Waals surface area contributed by atoms with E-state index in [9.17, 15) is 22.8 Å². The monoisotopic (exact) mass is 339 g/mol. The summed E-state index contributed by atoms with van der Waals surface area (Å²) in [6.45, 7) is 0.214. The van der Waals surface area contributed by atoms with Gasteiger partial charge in [-0.1, -0.05) is 11.6 Å². The van der Waals surface area contributed by atoms with Crippen LogP contribution in [-0.2, 0) is 9.53 Å². The van der Waals surface area contributed by atoms with Crippen molar-refractivity contribution in [3.8, 4) is 11.5 Å². The van der Waals surface area contributed by atoms with Crippen LogP contribution in [0.25, 0.3) is 0 Å². The van der Waals surface area contributed by atoms with Crippen molar-refractivity contribution < 1.29 is 37.0 Å². The Kier molecular flexibility index (Phi) is 4.36. The predicted octanol–water partition coefficient (Wildman–Crippen LogP) is 2.40. The standard InChI is InChI=1S/C12H9ClF3NO5/c1-20-10(18)5-4-6(17-11(19)12(14,15)16)7(13)9-8(5)21-2-3-22-9/h4H,2-3H2,1H3,(H,17,19). The minimum atomic E-state index is -5.11. The summed E-state index contributed by atoms with van der Waals surface area (Å²) >= 11 is 5.90. The van der Waals surface area contributed by atoms with Gasteiger partial charge < -0.3 is 19.5 Å². The van der Waals surface area contributed by atoms with E-state index in [1.165, 1.54) is 0 Å². The molecule has 0 atom stereocenters. The Labute approximate surface area is 127 Å². The molecule has 10 heteroatoms. The van der Waals surface area contributed by atoms with Crippen LogP contribution in [0.5, 0.6) is 11.5 Å². The smallest absolute Gasteiger partial charge is 0.471 e. The predicted molar refractivity (Wildman–Crippen MR) is 68.5 cm³/mol. The lowest BCUT2D eigenvalue weighted by molar-refractivity contribution is -0.167. The Morgan fingerprint density at radius 2 is 1.86 bits per heavy atom. The number of esters is 1. The molecule has 1 N–H and O–H groups in total. The van der Waals surface area contributed by atoms with Crippen LogP contribution < -0.4 is 14.8 Å². The fraction of sp³-hybridized carbons (Fsp3) is 0.333. The molecule has 120 valence electrons. The number of hydrogen-bond acceptors (Lipinski definition) is 5. The largest absolute Gasteiger partial charge is 0.485 e.